The van der Waals surface area contributed by atoms with E-state index in [4.69, 9.17) is 37.0 Å². The Balaban J connectivity index is 5.12. The van der Waals surface area contributed by atoms with Gasteiger partial charge in [-0.05, 0) is 43.4 Å². The molecule has 0 aliphatic heterocycles. The zero-order valence-electron chi connectivity index (χ0n) is 65.7. The van der Waals surface area contributed by atoms with Crippen LogP contribution in [0.1, 0.15) is 421 Å². The second-order valence-corrected chi connectivity index (χ2v) is 33.3. The molecule has 0 aliphatic carbocycles. The van der Waals surface area contributed by atoms with Crippen molar-refractivity contribution in [3.8, 4) is 0 Å². The van der Waals surface area contributed by atoms with Gasteiger partial charge in [-0.25, -0.2) is 9.13 Å². The van der Waals surface area contributed by atoms with E-state index in [0.717, 1.165) is 114 Å². The van der Waals surface area contributed by atoms with E-state index in [1.54, 1.807) is 0 Å². The highest BCUT2D eigenvalue weighted by Gasteiger charge is 2.30. The van der Waals surface area contributed by atoms with Gasteiger partial charge in [0.15, 0.2) is 12.2 Å². The van der Waals surface area contributed by atoms with Crippen LogP contribution < -0.4 is 0 Å². The van der Waals surface area contributed by atoms with E-state index in [2.05, 4.69) is 48.5 Å². The van der Waals surface area contributed by atoms with E-state index < -0.39 is 97.5 Å². The Hall–Kier alpha value is -1.94. The van der Waals surface area contributed by atoms with Crippen molar-refractivity contribution in [3.05, 3.63) is 0 Å². The van der Waals surface area contributed by atoms with Crippen LogP contribution in [0.15, 0.2) is 0 Å². The zero-order valence-corrected chi connectivity index (χ0v) is 67.5. The van der Waals surface area contributed by atoms with Crippen molar-refractivity contribution in [1.82, 2.24) is 0 Å². The molecule has 0 spiro atoms. The Morgan fingerprint density at radius 2 is 0.510 bits per heavy atom. The van der Waals surface area contributed by atoms with Gasteiger partial charge < -0.3 is 33.8 Å². The van der Waals surface area contributed by atoms with Gasteiger partial charge in [0.2, 0.25) is 0 Å². The summed E-state index contributed by atoms with van der Waals surface area (Å²) >= 11 is 0. The van der Waals surface area contributed by atoms with Crippen LogP contribution in [0.25, 0.3) is 0 Å². The molecule has 0 rings (SSSR count). The van der Waals surface area contributed by atoms with E-state index in [1.165, 1.54) is 225 Å². The Bertz CT molecular complexity index is 1940. The molecule has 19 heteroatoms. The van der Waals surface area contributed by atoms with E-state index in [9.17, 15) is 43.2 Å². The van der Waals surface area contributed by atoms with Gasteiger partial charge in [0.05, 0.1) is 26.4 Å². The number of unbranched alkanes of at least 4 members (excludes halogenated alkanes) is 46. The van der Waals surface area contributed by atoms with Crippen LogP contribution in [0.2, 0.25) is 0 Å². The molecule has 0 heterocycles. The van der Waals surface area contributed by atoms with Crippen LogP contribution in [0.4, 0.5) is 0 Å². The number of carbonyl (C=O) groups is 4. The van der Waals surface area contributed by atoms with Crippen molar-refractivity contribution in [2.24, 2.45) is 17.8 Å². The molecule has 0 fully saturated rings. The SMILES string of the molecule is CCCCCCCC(=O)OC[C@H](COP(=O)(O)OC[C@H](O)COP(=O)(O)OC[C@@H](COC(=O)CCCCCCCCCCCCCCCCCC(C)C)OC(=O)CCCCCCCCCCCCCCCCCCC(C)C)OC(=O)CCCCCCCCCCCCCCCCC(C)CC. The Kier molecular flexibility index (Phi) is 69.9. The molecule has 0 aromatic heterocycles. The van der Waals surface area contributed by atoms with Gasteiger partial charge in [0, 0.05) is 25.7 Å². The number of aliphatic hydroxyl groups excluding tert-OH is 1. The highest BCUT2D eigenvalue weighted by Crippen LogP contribution is 2.45. The molecular formula is C81H158O17P2. The number of carbonyl (C=O) groups excluding carboxylic acids is 4. The van der Waals surface area contributed by atoms with E-state index in [0.29, 0.717) is 25.7 Å². The number of aliphatic hydroxyl groups is 1. The molecule has 100 heavy (non-hydrogen) atoms. The predicted octanol–water partition coefficient (Wildman–Crippen LogP) is 24.1. The third-order valence-electron chi connectivity index (χ3n) is 19.2. The minimum absolute atomic E-state index is 0.107. The molecule has 17 nitrogen and oxygen atoms in total. The summed E-state index contributed by atoms with van der Waals surface area (Å²) in [4.78, 5) is 72.7. The van der Waals surface area contributed by atoms with E-state index in [-0.39, 0.29) is 25.7 Å². The van der Waals surface area contributed by atoms with Gasteiger partial charge in [0.25, 0.3) is 0 Å². The number of phosphoric ester groups is 2. The minimum Gasteiger partial charge on any atom is -0.462 e. The van der Waals surface area contributed by atoms with Crippen LogP contribution in [0.5, 0.6) is 0 Å². The minimum atomic E-state index is -4.96. The van der Waals surface area contributed by atoms with Gasteiger partial charge in [-0.15, -0.1) is 0 Å². The summed E-state index contributed by atoms with van der Waals surface area (Å²) in [6, 6.07) is 0. The van der Waals surface area contributed by atoms with Gasteiger partial charge in [-0.2, -0.15) is 0 Å². The summed E-state index contributed by atoms with van der Waals surface area (Å²) in [7, 11) is -9.91. The first-order chi connectivity index (χ1) is 48.3. The van der Waals surface area contributed by atoms with Crippen molar-refractivity contribution in [1.29, 1.82) is 0 Å². The van der Waals surface area contributed by atoms with Gasteiger partial charge in [0.1, 0.15) is 19.3 Å². The highest BCUT2D eigenvalue weighted by atomic mass is 31.2. The monoisotopic (exact) mass is 1470 g/mol. The van der Waals surface area contributed by atoms with Crippen LogP contribution in [0.3, 0.4) is 0 Å². The first-order valence-corrected chi connectivity index (χ1v) is 44.9. The molecule has 0 aliphatic rings. The number of rotatable bonds is 79. The first kappa shape index (κ1) is 98.1. The lowest BCUT2D eigenvalue weighted by Crippen LogP contribution is -2.30. The van der Waals surface area contributed by atoms with Crippen molar-refractivity contribution >= 4 is 39.5 Å². The van der Waals surface area contributed by atoms with Crippen LogP contribution in [-0.2, 0) is 65.4 Å². The molecule has 0 aromatic carbocycles. The average Bonchev–Trinajstić information content (AvgIpc) is 0.961. The van der Waals surface area contributed by atoms with Crippen molar-refractivity contribution in [2.45, 2.75) is 439 Å². The average molecular weight is 1470 g/mol. The van der Waals surface area contributed by atoms with Crippen LogP contribution in [-0.4, -0.2) is 96.7 Å². The lowest BCUT2D eigenvalue weighted by atomic mass is 9.99. The maximum atomic E-state index is 13.1. The maximum absolute atomic E-state index is 13.1. The van der Waals surface area contributed by atoms with Crippen LogP contribution >= 0.6 is 15.6 Å². The van der Waals surface area contributed by atoms with Gasteiger partial charge in [-0.1, -0.05) is 370 Å². The molecule has 6 atom stereocenters. The van der Waals surface area contributed by atoms with Crippen molar-refractivity contribution in [3.63, 3.8) is 0 Å². The third kappa shape index (κ3) is 73.0. The zero-order chi connectivity index (χ0) is 73.7. The van der Waals surface area contributed by atoms with Crippen molar-refractivity contribution in [2.75, 3.05) is 39.6 Å². The number of phosphoric acid groups is 2. The number of esters is 4. The summed E-state index contributed by atoms with van der Waals surface area (Å²) < 4.78 is 68.5. The van der Waals surface area contributed by atoms with E-state index in [1.807, 2.05) is 0 Å². The second kappa shape index (κ2) is 71.3. The molecule has 3 unspecified atom stereocenters. The fraction of sp³-hybridized carbons (Fsp3) is 0.951. The summed E-state index contributed by atoms with van der Waals surface area (Å²) in [5, 5.41) is 10.6. The fourth-order valence-corrected chi connectivity index (χ4v) is 14.0. The van der Waals surface area contributed by atoms with Crippen LogP contribution in [0, 0.1) is 17.8 Å². The number of ether oxygens (including phenoxy) is 4. The Morgan fingerprint density at radius 1 is 0.290 bits per heavy atom. The van der Waals surface area contributed by atoms with E-state index >= 15 is 0 Å². The fourth-order valence-electron chi connectivity index (χ4n) is 12.5. The lowest BCUT2D eigenvalue weighted by Gasteiger charge is -2.21. The summed E-state index contributed by atoms with van der Waals surface area (Å²) in [6.45, 7) is 12.0. The summed E-state index contributed by atoms with van der Waals surface area (Å²) in [6.07, 6.45) is 60.0. The number of hydrogen-bond donors (Lipinski definition) is 3. The van der Waals surface area contributed by atoms with Crippen molar-refractivity contribution < 1.29 is 80.2 Å². The third-order valence-corrected chi connectivity index (χ3v) is 21.1. The molecule has 594 valence electrons. The highest BCUT2D eigenvalue weighted by molar-refractivity contribution is 7.47. The molecular weight excluding hydrogens is 1310 g/mol. The smallest absolute Gasteiger partial charge is 0.462 e. The molecule has 0 saturated carbocycles. The second-order valence-electron chi connectivity index (χ2n) is 30.4. The molecule has 0 saturated heterocycles. The quantitative estimate of drug-likeness (QED) is 0.0222. The molecule has 0 bridgehead atoms. The standard InChI is InChI=1S/C81H158O17P2/c1-8-10-11-45-55-62-78(83)91-68-76(97-80(85)64-57-51-44-38-32-26-20-19-23-29-35-41-48-54-61-74(7)9-2)70-95-99(87,88)93-66-75(82)67-94-100(89,90)96-71-77(69-92-79(84)63-56-49-42-36-30-24-18-14-16-22-28-34-40-47-53-60-73(5)6)98-81(86)65-58-50-43-37-31-25-17-13-12-15-21-27-33-39-46-52-59-72(3)4/h72-77,82H,8-71H2,1-7H3,(H,87,88)(H,89,90)/t74?,75-,76+,77+/m0/s1. The predicted molar refractivity (Wildman–Crippen MR) is 409 cm³/mol. The summed E-state index contributed by atoms with van der Waals surface area (Å²) in [5.41, 5.74) is 0. The number of hydrogen-bond acceptors (Lipinski definition) is 15. The molecule has 0 aromatic rings. The Labute approximate surface area is 613 Å². The molecule has 0 amide bonds. The molecule has 3 N–H and O–H groups in total. The normalized spacial score (nSPS) is 14.2. The lowest BCUT2D eigenvalue weighted by molar-refractivity contribution is -0.161. The topological polar surface area (TPSA) is 237 Å². The first-order valence-electron chi connectivity index (χ1n) is 41.9. The summed E-state index contributed by atoms with van der Waals surface area (Å²) in [5.74, 6) is 0.340. The maximum Gasteiger partial charge on any atom is 0.472 e. The van der Waals surface area contributed by atoms with Gasteiger partial charge >= 0.3 is 39.5 Å². The molecule has 0 radical (unpaired) electrons. The van der Waals surface area contributed by atoms with Gasteiger partial charge in [-0.3, -0.25) is 37.3 Å². The Morgan fingerprint density at radius 3 is 0.760 bits per heavy atom. The largest absolute Gasteiger partial charge is 0.472 e.